The fourth-order valence-electron chi connectivity index (χ4n) is 3.07. The normalized spacial score (nSPS) is 13.6. The molecule has 0 heterocycles. The summed E-state index contributed by atoms with van der Waals surface area (Å²) in [7, 11) is 0. The maximum atomic E-state index is 12.8. The highest BCUT2D eigenvalue weighted by atomic mass is 32.2. The van der Waals surface area contributed by atoms with Gasteiger partial charge in [0.25, 0.3) is 0 Å². The fraction of sp³-hybridized carbons (Fsp3) is 0.348. The van der Waals surface area contributed by atoms with E-state index in [0.717, 1.165) is 11.1 Å². The van der Waals surface area contributed by atoms with Gasteiger partial charge in [0.05, 0.1) is 6.04 Å². The third-order valence-electron chi connectivity index (χ3n) is 4.78. The van der Waals surface area contributed by atoms with Gasteiger partial charge in [0, 0.05) is 6.42 Å². The molecule has 0 saturated heterocycles. The summed E-state index contributed by atoms with van der Waals surface area (Å²) in [6.07, 6.45) is 2.76. The van der Waals surface area contributed by atoms with Crippen LogP contribution in [0.25, 0.3) is 0 Å². The molecule has 0 spiro atoms. The molecule has 0 bridgehead atoms. The van der Waals surface area contributed by atoms with Crippen molar-refractivity contribution in [1.29, 1.82) is 0 Å². The molecule has 2 rings (SSSR count). The first-order valence-corrected chi connectivity index (χ1v) is 11.5. The second kappa shape index (κ2) is 12.8. The van der Waals surface area contributed by atoms with Crippen molar-refractivity contribution in [3.8, 4) is 0 Å². The van der Waals surface area contributed by atoms with Gasteiger partial charge in [0.15, 0.2) is 0 Å². The Labute approximate surface area is 186 Å². The minimum Gasteiger partial charge on any atom is -0.480 e. The van der Waals surface area contributed by atoms with E-state index in [9.17, 15) is 19.5 Å². The van der Waals surface area contributed by atoms with Crippen LogP contribution in [-0.4, -0.2) is 53.0 Å². The number of thioether (sulfide) groups is 1. The van der Waals surface area contributed by atoms with Gasteiger partial charge >= 0.3 is 5.97 Å². The molecular formula is C23H29N3O4S. The topological polar surface area (TPSA) is 122 Å². The lowest BCUT2D eigenvalue weighted by Gasteiger charge is -2.23. The predicted octanol–water partition coefficient (Wildman–Crippen LogP) is 1.61. The molecule has 0 aliphatic rings. The second-order valence-electron chi connectivity index (χ2n) is 7.23. The summed E-state index contributed by atoms with van der Waals surface area (Å²) < 4.78 is 0. The number of hydrogen-bond donors (Lipinski definition) is 4. The predicted molar refractivity (Wildman–Crippen MR) is 123 cm³/mol. The van der Waals surface area contributed by atoms with Crippen LogP contribution in [0.3, 0.4) is 0 Å². The maximum absolute atomic E-state index is 12.8. The maximum Gasteiger partial charge on any atom is 0.326 e. The van der Waals surface area contributed by atoms with Gasteiger partial charge in [-0.25, -0.2) is 4.79 Å². The monoisotopic (exact) mass is 443 g/mol. The van der Waals surface area contributed by atoms with Crippen LogP contribution in [0.15, 0.2) is 60.7 Å². The lowest BCUT2D eigenvalue weighted by Crippen LogP contribution is -2.55. The first-order valence-electron chi connectivity index (χ1n) is 10.1. The Morgan fingerprint density at radius 2 is 1.39 bits per heavy atom. The van der Waals surface area contributed by atoms with E-state index in [1.165, 1.54) is 11.8 Å². The van der Waals surface area contributed by atoms with E-state index >= 15 is 0 Å². The average Bonchev–Trinajstić information content (AvgIpc) is 2.77. The number of carboxylic acids is 1. The SMILES string of the molecule is CSCCC(NC(=O)C(N)Cc1ccccc1)C(=O)NC(Cc1ccccc1)C(=O)O. The zero-order chi connectivity index (χ0) is 22.6. The van der Waals surface area contributed by atoms with Gasteiger partial charge in [0.1, 0.15) is 12.1 Å². The standard InChI is InChI=1S/C23H29N3O4S/c1-31-13-12-19(25-21(27)18(24)14-16-8-4-2-5-9-16)22(28)26-20(23(29)30)15-17-10-6-3-7-11-17/h2-11,18-20H,12-15,24H2,1H3,(H,25,27)(H,26,28)(H,29,30). The first-order chi connectivity index (χ1) is 14.9. The molecule has 7 nitrogen and oxygen atoms in total. The molecule has 0 radical (unpaired) electrons. The zero-order valence-electron chi connectivity index (χ0n) is 17.5. The van der Waals surface area contributed by atoms with Gasteiger partial charge in [-0.15, -0.1) is 0 Å². The number of hydrogen-bond acceptors (Lipinski definition) is 5. The summed E-state index contributed by atoms with van der Waals surface area (Å²) in [6, 6.07) is 15.7. The van der Waals surface area contributed by atoms with Crippen molar-refractivity contribution in [2.24, 2.45) is 5.73 Å². The van der Waals surface area contributed by atoms with Crippen LogP contribution in [0.5, 0.6) is 0 Å². The Hall–Kier alpha value is -2.84. The molecule has 5 N–H and O–H groups in total. The van der Waals surface area contributed by atoms with Gasteiger partial charge < -0.3 is 21.5 Å². The van der Waals surface area contributed by atoms with Gasteiger partial charge in [-0.1, -0.05) is 60.7 Å². The highest BCUT2D eigenvalue weighted by Crippen LogP contribution is 2.07. The molecule has 0 fully saturated rings. The summed E-state index contributed by atoms with van der Waals surface area (Å²) in [6.45, 7) is 0. The lowest BCUT2D eigenvalue weighted by atomic mass is 10.0. The van der Waals surface area contributed by atoms with Crippen LogP contribution in [-0.2, 0) is 27.2 Å². The molecule has 2 aromatic carbocycles. The number of carbonyl (C=O) groups excluding carboxylic acids is 2. The van der Waals surface area contributed by atoms with E-state index in [4.69, 9.17) is 5.73 Å². The van der Waals surface area contributed by atoms with E-state index in [-0.39, 0.29) is 6.42 Å². The molecule has 0 aromatic heterocycles. The van der Waals surface area contributed by atoms with E-state index in [0.29, 0.717) is 18.6 Å². The Bertz CT molecular complexity index is 848. The Morgan fingerprint density at radius 1 is 0.871 bits per heavy atom. The molecule has 3 atom stereocenters. The van der Waals surface area contributed by atoms with Crippen LogP contribution in [0, 0.1) is 0 Å². The molecule has 2 aromatic rings. The van der Waals surface area contributed by atoms with Crippen molar-refractivity contribution < 1.29 is 19.5 Å². The number of rotatable bonds is 12. The number of benzene rings is 2. The van der Waals surface area contributed by atoms with Crippen molar-refractivity contribution in [3.63, 3.8) is 0 Å². The van der Waals surface area contributed by atoms with Crippen molar-refractivity contribution in [2.45, 2.75) is 37.4 Å². The van der Waals surface area contributed by atoms with Gasteiger partial charge in [-0.2, -0.15) is 11.8 Å². The number of nitrogens with two attached hydrogens (primary N) is 1. The van der Waals surface area contributed by atoms with Crippen molar-refractivity contribution in [2.75, 3.05) is 12.0 Å². The van der Waals surface area contributed by atoms with Gasteiger partial charge in [-0.3, -0.25) is 9.59 Å². The van der Waals surface area contributed by atoms with Crippen LogP contribution in [0.4, 0.5) is 0 Å². The summed E-state index contributed by atoms with van der Waals surface area (Å²) in [5, 5.41) is 14.8. The van der Waals surface area contributed by atoms with Crippen LogP contribution < -0.4 is 16.4 Å². The number of aliphatic carboxylic acids is 1. The molecular weight excluding hydrogens is 414 g/mol. The van der Waals surface area contributed by atoms with Crippen molar-refractivity contribution in [1.82, 2.24) is 10.6 Å². The van der Waals surface area contributed by atoms with E-state index < -0.39 is 35.9 Å². The van der Waals surface area contributed by atoms with E-state index in [1.54, 1.807) is 12.1 Å². The van der Waals surface area contributed by atoms with Crippen LogP contribution in [0.2, 0.25) is 0 Å². The molecule has 166 valence electrons. The van der Waals surface area contributed by atoms with Gasteiger partial charge in [0.2, 0.25) is 11.8 Å². The van der Waals surface area contributed by atoms with Crippen LogP contribution >= 0.6 is 11.8 Å². The molecule has 0 aliphatic carbocycles. The molecule has 0 aliphatic heterocycles. The molecule has 8 heteroatoms. The van der Waals surface area contributed by atoms with Crippen molar-refractivity contribution in [3.05, 3.63) is 71.8 Å². The highest BCUT2D eigenvalue weighted by molar-refractivity contribution is 7.98. The highest BCUT2D eigenvalue weighted by Gasteiger charge is 2.28. The minimum absolute atomic E-state index is 0.151. The summed E-state index contributed by atoms with van der Waals surface area (Å²) in [5.74, 6) is -1.48. The van der Waals surface area contributed by atoms with Crippen molar-refractivity contribution >= 4 is 29.5 Å². The second-order valence-corrected chi connectivity index (χ2v) is 8.21. The largest absolute Gasteiger partial charge is 0.480 e. The van der Waals surface area contributed by atoms with E-state index in [2.05, 4.69) is 10.6 Å². The lowest BCUT2D eigenvalue weighted by molar-refractivity contribution is -0.142. The van der Waals surface area contributed by atoms with Crippen LogP contribution in [0.1, 0.15) is 17.5 Å². The quantitative estimate of drug-likeness (QED) is 0.395. The average molecular weight is 444 g/mol. The third kappa shape index (κ3) is 8.43. The molecule has 31 heavy (non-hydrogen) atoms. The zero-order valence-corrected chi connectivity index (χ0v) is 18.3. The first kappa shape index (κ1) is 24.4. The molecule has 2 amide bonds. The van der Waals surface area contributed by atoms with E-state index in [1.807, 2.05) is 54.8 Å². The number of carbonyl (C=O) groups is 3. The number of carboxylic acid groups (broad SMARTS) is 1. The Kier molecular flexibility index (Phi) is 10.1. The number of amides is 2. The van der Waals surface area contributed by atoms with Gasteiger partial charge in [-0.05, 0) is 36.0 Å². The smallest absolute Gasteiger partial charge is 0.326 e. The Balaban J connectivity index is 2.02. The molecule has 0 saturated carbocycles. The fourth-order valence-corrected chi connectivity index (χ4v) is 3.54. The number of nitrogens with one attached hydrogen (secondary N) is 2. The third-order valence-corrected chi connectivity index (χ3v) is 5.42. The Morgan fingerprint density at radius 3 is 1.90 bits per heavy atom. The molecule has 3 unspecified atom stereocenters. The summed E-state index contributed by atoms with van der Waals surface area (Å²) in [5.41, 5.74) is 7.75. The summed E-state index contributed by atoms with van der Waals surface area (Å²) in [4.78, 5) is 37.1. The minimum atomic E-state index is -1.13. The summed E-state index contributed by atoms with van der Waals surface area (Å²) >= 11 is 1.53.